The number of aryl methyl sites for hydroxylation is 1. The summed E-state index contributed by atoms with van der Waals surface area (Å²) in [4.78, 5) is 2.39. The van der Waals surface area contributed by atoms with E-state index in [-0.39, 0.29) is 6.61 Å². The zero-order chi connectivity index (χ0) is 23.1. The van der Waals surface area contributed by atoms with Crippen LogP contribution in [0.3, 0.4) is 0 Å². The van der Waals surface area contributed by atoms with Crippen LogP contribution >= 0.6 is 11.6 Å². The van der Waals surface area contributed by atoms with Crippen LogP contribution in [0.15, 0.2) is 60.9 Å². The maximum absolute atomic E-state index is 11.2. The summed E-state index contributed by atoms with van der Waals surface area (Å²) >= 11 is 6.25. The van der Waals surface area contributed by atoms with E-state index in [0.717, 1.165) is 43.9 Å². The van der Waals surface area contributed by atoms with Crippen LogP contribution in [0.4, 0.5) is 0 Å². The minimum atomic E-state index is -0.848. The Morgan fingerprint density at radius 2 is 2.00 bits per heavy atom. The molecule has 7 heteroatoms. The first-order valence-corrected chi connectivity index (χ1v) is 11.9. The third-order valence-corrected chi connectivity index (χ3v) is 6.36. The highest BCUT2D eigenvalue weighted by atomic mass is 35.5. The molecule has 1 aromatic heterocycles. The molecule has 33 heavy (non-hydrogen) atoms. The molecular formula is C26H32ClN3O3. The van der Waals surface area contributed by atoms with Crippen LogP contribution in [0.2, 0.25) is 5.02 Å². The van der Waals surface area contributed by atoms with E-state index < -0.39 is 5.60 Å². The minimum absolute atomic E-state index is 0.254. The Morgan fingerprint density at radius 1 is 1.09 bits per heavy atom. The molecule has 176 valence electrons. The molecule has 1 atom stereocenters. The van der Waals surface area contributed by atoms with E-state index in [4.69, 9.17) is 21.1 Å². The Kier molecular flexibility index (Phi) is 7.91. The van der Waals surface area contributed by atoms with Gasteiger partial charge in [-0.15, -0.1) is 0 Å². The van der Waals surface area contributed by atoms with Crippen molar-refractivity contribution in [2.75, 3.05) is 26.3 Å². The molecule has 1 aliphatic heterocycles. The molecule has 0 aliphatic carbocycles. The number of rotatable bonds is 9. The number of halogens is 1. The quantitative estimate of drug-likeness (QED) is 0.491. The largest absolute Gasteiger partial charge is 0.492 e. The van der Waals surface area contributed by atoms with Gasteiger partial charge in [-0.1, -0.05) is 29.8 Å². The van der Waals surface area contributed by atoms with Crippen LogP contribution in [0.1, 0.15) is 30.4 Å². The molecule has 6 nitrogen and oxygen atoms in total. The predicted octanol–water partition coefficient (Wildman–Crippen LogP) is 4.72. The van der Waals surface area contributed by atoms with Crippen molar-refractivity contribution >= 4 is 11.6 Å². The van der Waals surface area contributed by atoms with E-state index in [9.17, 15) is 5.11 Å². The third kappa shape index (κ3) is 6.97. The molecule has 1 N–H and O–H groups in total. The van der Waals surface area contributed by atoms with Gasteiger partial charge in [-0.3, -0.25) is 9.58 Å². The average Bonchev–Trinajstić information content (AvgIpc) is 3.25. The highest BCUT2D eigenvalue weighted by Crippen LogP contribution is 2.29. The van der Waals surface area contributed by atoms with Gasteiger partial charge in [0.05, 0.1) is 17.2 Å². The first-order chi connectivity index (χ1) is 16.0. The molecule has 3 aromatic rings. The van der Waals surface area contributed by atoms with Crippen LogP contribution in [0.5, 0.6) is 11.5 Å². The molecule has 4 rings (SSSR count). The Balaban J connectivity index is 1.27. The summed E-state index contributed by atoms with van der Waals surface area (Å²) in [7, 11) is 0. The van der Waals surface area contributed by atoms with Crippen LogP contribution in [-0.4, -0.2) is 51.7 Å². The summed E-state index contributed by atoms with van der Waals surface area (Å²) in [5.41, 5.74) is 1.44. The lowest BCUT2D eigenvalue weighted by atomic mass is 9.96. The monoisotopic (exact) mass is 469 g/mol. The van der Waals surface area contributed by atoms with Crippen molar-refractivity contribution < 1.29 is 14.6 Å². The second-order valence-corrected chi connectivity index (χ2v) is 9.25. The number of aromatic nitrogens is 2. The van der Waals surface area contributed by atoms with Gasteiger partial charge in [0.1, 0.15) is 24.7 Å². The minimum Gasteiger partial charge on any atom is -0.492 e. The van der Waals surface area contributed by atoms with Gasteiger partial charge in [0, 0.05) is 25.5 Å². The SMILES string of the molecule is Cc1ccc(Cl)c(OC[C@]2(O)CCCN(Cc3cccc(OCCn4cccn4)c3)CC2)c1. The van der Waals surface area contributed by atoms with Crippen LogP contribution in [-0.2, 0) is 13.1 Å². The van der Waals surface area contributed by atoms with Crippen molar-refractivity contribution in [3.8, 4) is 11.5 Å². The summed E-state index contributed by atoms with van der Waals surface area (Å²) in [6.45, 7) is 6.13. The Hall–Kier alpha value is -2.54. The maximum Gasteiger partial charge on any atom is 0.138 e. The summed E-state index contributed by atoms with van der Waals surface area (Å²) in [6, 6.07) is 15.9. The number of ether oxygens (including phenoxy) is 2. The van der Waals surface area contributed by atoms with Gasteiger partial charge in [0.25, 0.3) is 0 Å². The number of nitrogens with zero attached hydrogens (tertiary/aromatic N) is 3. The van der Waals surface area contributed by atoms with Crippen LogP contribution in [0.25, 0.3) is 0 Å². The fourth-order valence-electron chi connectivity index (χ4n) is 4.15. The number of aliphatic hydroxyl groups is 1. The molecule has 0 unspecified atom stereocenters. The van der Waals surface area contributed by atoms with E-state index in [1.807, 2.05) is 54.2 Å². The molecule has 1 aliphatic rings. The fourth-order valence-corrected chi connectivity index (χ4v) is 4.32. The van der Waals surface area contributed by atoms with Crippen molar-refractivity contribution in [3.05, 3.63) is 77.1 Å². The fraction of sp³-hybridized carbons (Fsp3) is 0.423. The number of hydrogen-bond acceptors (Lipinski definition) is 5. The maximum atomic E-state index is 11.2. The third-order valence-electron chi connectivity index (χ3n) is 6.05. The Bertz CT molecular complexity index is 1030. The van der Waals surface area contributed by atoms with Gasteiger partial charge in [-0.2, -0.15) is 5.10 Å². The van der Waals surface area contributed by atoms with Crippen molar-refractivity contribution in [3.63, 3.8) is 0 Å². The summed E-state index contributed by atoms with van der Waals surface area (Å²) < 4.78 is 13.7. The van der Waals surface area contributed by atoms with E-state index in [0.29, 0.717) is 30.2 Å². The first-order valence-electron chi connectivity index (χ1n) is 11.5. The van der Waals surface area contributed by atoms with Gasteiger partial charge in [-0.05, 0) is 74.2 Å². The highest BCUT2D eigenvalue weighted by molar-refractivity contribution is 6.32. The second-order valence-electron chi connectivity index (χ2n) is 8.84. The van der Waals surface area contributed by atoms with Gasteiger partial charge < -0.3 is 14.6 Å². The van der Waals surface area contributed by atoms with Crippen molar-refractivity contribution in [1.82, 2.24) is 14.7 Å². The summed E-state index contributed by atoms with van der Waals surface area (Å²) in [5, 5.41) is 15.9. The lowest BCUT2D eigenvalue weighted by Crippen LogP contribution is -2.37. The summed E-state index contributed by atoms with van der Waals surface area (Å²) in [6.07, 6.45) is 6.00. The van der Waals surface area contributed by atoms with Crippen molar-refractivity contribution in [1.29, 1.82) is 0 Å². The lowest BCUT2D eigenvalue weighted by molar-refractivity contribution is -0.0168. The lowest BCUT2D eigenvalue weighted by Gasteiger charge is -2.27. The van der Waals surface area contributed by atoms with Crippen molar-refractivity contribution in [2.45, 2.75) is 44.9 Å². The first kappa shape index (κ1) is 23.6. The molecular weight excluding hydrogens is 438 g/mol. The van der Waals surface area contributed by atoms with E-state index in [2.05, 4.69) is 22.1 Å². The number of likely N-dealkylation sites (tertiary alicyclic amines) is 1. The van der Waals surface area contributed by atoms with Gasteiger partial charge >= 0.3 is 0 Å². The Morgan fingerprint density at radius 3 is 2.85 bits per heavy atom. The molecule has 0 bridgehead atoms. The van der Waals surface area contributed by atoms with E-state index >= 15 is 0 Å². The Labute approximate surface area is 200 Å². The van der Waals surface area contributed by atoms with Crippen LogP contribution in [0, 0.1) is 6.92 Å². The summed E-state index contributed by atoms with van der Waals surface area (Å²) in [5.74, 6) is 1.50. The zero-order valence-electron chi connectivity index (χ0n) is 19.1. The molecule has 2 aromatic carbocycles. The molecule has 0 spiro atoms. The molecule has 0 amide bonds. The highest BCUT2D eigenvalue weighted by Gasteiger charge is 2.31. The van der Waals surface area contributed by atoms with E-state index in [1.54, 1.807) is 6.20 Å². The molecule has 2 heterocycles. The topological polar surface area (TPSA) is 59.8 Å². The van der Waals surface area contributed by atoms with Crippen molar-refractivity contribution in [2.24, 2.45) is 0 Å². The molecule has 1 saturated heterocycles. The molecule has 0 saturated carbocycles. The second kappa shape index (κ2) is 11.1. The normalized spacial score (nSPS) is 19.2. The van der Waals surface area contributed by atoms with Gasteiger partial charge in [0.2, 0.25) is 0 Å². The number of hydrogen-bond donors (Lipinski definition) is 1. The van der Waals surface area contributed by atoms with Gasteiger partial charge in [0.15, 0.2) is 0 Å². The zero-order valence-corrected chi connectivity index (χ0v) is 19.9. The molecule has 1 fully saturated rings. The van der Waals surface area contributed by atoms with Crippen LogP contribution < -0.4 is 9.47 Å². The molecule has 0 radical (unpaired) electrons. The average molecular weight is 470 g/mol. The smallest absolute Gasteiger partial charge is 0.138 e. The standard InChI is InChI=1S/C26H32ClN3O3/c1-21-7-8-24(27)25(17-21)33-20-26(31)9-3-12-29(14-10-26)19-22-5-2-6-23(18-22)32-16-15-30-13-4-11-28-30/h2,4-8,11,13,17-18,31H,3,9-10,12,14-16,19-20H2,1H3/t26-/m0/s1. The number of benzene rings is 2. The van der Waals surface area contributed by atoms with E-state index in [1.165, 1.54) is 5.56 Å². The predicted molar refractivity (Wildman–Crippen MR) is 130 cm³/mol. The van der Waals surface area contributed by atoms with Gasteiger partial charge in [-0.25, -0.2) is 0 Å².